The summed E-state index contributed by atoms with van der Waals surface area (Å²) in [5.41, 5.74) is -0.0784. The Morgan fingerprint density at radius 2 is 1.81 bits per heavy atom. The van der Waals surface area contributed by atoms with Crippen molar-refractivity contribution in [2.24, 2.45) is 0 Å². The van der Waals surface area contributed by atoms with E-state index in [0.29, 0.717) is 6.42 Å². The molecule has 8 atom stereocenters. The molecule has 2 aliphatic rings. The Morgan fingerprint density at radius 3 is 2.43 bits per heavy atom. The number of nitrogens with one attached hydrogen (secondary N) is 1. The third-order valence-electron chi connectivity index (χ3n) is 6.21. The molecule has 2 aliphatic heterocycles. The zero-order valence-electron chi connectivity index (χ0n) is 24.8. The molecule has 1 aromatic rings. The first-order valence-electron chi connectivity index (χ1n) is 14.1. The van der Waals surface area contributed by atoms with E-state index in [1.807, 2.05) is 0 Å². The normalized spacial score (nSPS) is 31.2. The van der Waals surface area contributed by atoms with Gasteiger partial charge < -0.3 is 39.9 Å². The van der Waals surface area contributed by atoms with Crippen LogP contribution in [0.2, 0.25) is 0 Å². The molecule has 2 fully saturated rings. The van der Waals surface area contributed by atoms with E-state index in [9.17, 15) is 39.6 Å². The van der Waals surface area contributed by atoms with E-state index in [-0.39, 0.29) is 31.4 Å². The quantitative estimate of drug-likeness (QED) is 0.191. The summed E-state index contributed by atoms with van der Waals surface area (Å²) in [5, 5.41) is 51.4. The van der Waals surface area contributed by atoms with Gasteiger partial charge in [-0.1, -0.05) is 30.2 Å². The van der Waals surface area contributed by atoms with Crippen LogP contribution in [0.4, 0.5) is 0 Å². The maximum absolute atomic E-state index is 13.2. The Hall–Kier alpha value is -3.10. The number of likely N-dealkylation sites (tertiary alicyclic amines) is 1. The van der Waals surface area contributed by atoms with Crippen molar-refractivity contribution in [3.05, 3.63) is 35.8 Å². The second-order valence-corrected chi connectivity index (χ2v) is 8.78. The van der Waals surface area contributed by atoms with Crippen LogP contribution < -0.4 is 5.32 Å². The van der Waals surface area contributed by atoms with Gasteiger partial charge in [0, 0.05) is 6.54 Å². The number of aliphatic hydroxyl groups excluding tert-OH is 3. The van der Waals surface area contributed by atoms with Gasteiger partial charge in [-0.15, -0.1) is 0 Å². The molecule has 2 saturated heterocycles. The van der Waals surface area contributed by atoms with Gasteiger partial charge in [0.2, 0.25) is 12.2 Å². The number of amides is 1. The largest absolute Gasteiger partial charge is 0.480 e. The van der Waals surface area contributed by atoms with E-state index in [1.165, 1.54) is 6.92 Å². The van der Waals surface area contributed by atoms with Crippen molar-refractivity contribution in [1.29, 1.82) is 0 Å². The Bertz CT molecular complexity index is 1210. The average molecular weight is 530 g/mol. The molecule has 6 N–H and O–H groups in total. The van der Waals surface area contributed by atoms with Gasteiger partial charge in [0.1, 0.15) is 30.4 Å². The summed E-state index contributed by atoms with van der Waals surface area (Å²) in [4.78, 5) is 50.5. The number of carboxylic acid groups (broad SMARTS) is 2. The number of carboxylic acids is 2. The van der Waals surface area contributed by atoms with Gasteiger partial charge in [0.25, 0.3) is 0 Å². The number of aliphatic carboxylic acids is 2. The average Bonchev–Trinajstić information content (AvgIpc) is 3.44. The van der Waals surface area contributed by atoms with Crippen LogP contribution in [0, 0.1) is 0 Å². The molecule has 0 spiro atoms. The van der Waals surface area contributed by atoms with Crippen molar-refractivity contribution < 1.29 is 61.0 Å². The molecule has 0 unspecified atom stereocenters. The van der Waals surface area contributed by atoms with Crippen molar-refractivity contribution >= 4 is 23.8 Å². The predicted octanol–water partition coefficient (Wildman–Crippen LogP) is -1.52. The van der Waals surface area contributed by atoms with E-state index in [4.69, 9.17) is 21.4 Å². The predicted molar refractivity (Wildman–Crippen MR) is 124 cm³/mol. The van der Waals surface area contributed by atoms with E-state index in [2.05, 4.69) is 5.32 Å². The minimum absolute atomic E-state index is 0.0784. The van der Waals surface area contributed by atoms with Crippen LogP contribution in [-0.4, -0.2) is 110 Å². The number of hydrogen-bond acceptors (Lipinski definition) is 10. The number of rotatable bonds is 10. The number of carbonyl (C=O) groups is 4. The number of ether oxygens (including phenoxy) is 2. The molecule has 0 aromatic heterocycles. The molecule has 0 aliphatic carbocycles. The minimum Gasteiger partial charge on any atom is -0.480 e. The summed E-state index contributed by atoms with van der Waals surface area (Å²) < 4.78 is 49.2. The van der Waals surface area contributed by atoms with Gasteiger partial charge in [-0.3, -0.25) is 14.9 Å². The SMILES string of the molecule is [2H]c1c([2H])c([2H])c(CC[C@H](N[C@H](C)C(=O)N2CCC[C@H]2C(=O)O[C@H]2O[C@@H](C(=O)O)[C@H](O)[C@@H](O)[C@@H]2O)C(=O)O)c([2H])c1[2H]. The highest BCUT2D eigenvalue weighted by Crippen LogP contribution is 2.25. The van der Waals surface area contributed by atoms with Crippen molar-refractivity contribution in [1.82, 2.24) is 10.2 Å². The summed E-state index contributed by atoms with van der Waals surface area (Å²) >= 11 is 0. The molecular weight excluding hydrogens is 492 g/mol. The molecule has 0 radical (unpaired) electrons. The van der Waals surface area contributed by atoms with Crippen LogP contribution in [0.25, 0.3) is 0 Å². The van der Waals surface area contributed by atoms with Crippen LogP contribution in [-0.2, 0) is 35.1 Å². The van der Waals surface area contributed by atoms with Crippen LogP contribution in [0.5, 0.6) is 0 Å². The first-order chi connectivity index (χ1) is 19.6. The number of nitrogens with zero attached hydrogens (tertiary/aromatic N) is 1. The Morgan fingerprint density at radius 1 is 1.14 bits per heavy atom. The first-order valence-corrected chi connectivity index (χ1v) is 11.6. The lowest BCUT2D eigenvalue weighted by Crippen LogP contribution is -2.61. The molecule has 37 heavy (non-hydrogen) atoms. The van der Waals surface area contributed by atoms with Crippen LogP contribution in [0.15, 0.2) is 30.2 Å². The van der Waals surface area contributed by atoms with E-state index < -0.39 is 103 Å². The Balaban J connectivity index is 1.67. The number of esters is 1. The summed E-state index contributed by atoms with van der Waals surface area (Å²) in [6.07, 6.45) is -9.90. The first kappa shape index (κ1) is 21.9. The molecule has 3 rings (SSSR count). The van der Waals surface area contributed by atoms with Gasteiger partial charge in [0.05, 0.1) is 12.9 Å². The van der Waals surface area contributed by atoms with E-state index >= 15 is 0 Å². The van der Waals surface area contributed by atoms with E-state index in [0.717, 1.165) is 4.90 Å². The molecular formula is C24H32N2O11. The molecule has 0 saturated carbocycles. The molecule has 1 amide bonds. The third-order valence-corrected chi connectivity index (χ3v) is 6.21. The molecule has 1 aromatic carbocycles. The number of hydrogen-bond donors (Lipinski definition) is 6. The highest BCUT2D eigenvalue weighted by molar-refractivity contribution is 5.88. The van der Waals surface area contributed by atoms with Gasteiger partial charge in [-0.05, 0) is 38.2 Å². The number of carbonyl (C=O) groups excluding carboxylic acids is 2. The summed E-state index contributed by atoms with van der Waals surface area (Å²) in [6, 6.07) is -6.37. The van der Waals surface area contributed by atoms with Crippen molar-refractivity contribution in [3.63, 3.8) is 0 Å². The van der Waals surface area contributed by atoms with Gasteiger partial charge in [-0.2, -0.15) is 0 Å². The summed E-state index contributed by atoms with van der Waals surface area (Å²) in [6.45, 7) is 1.44. The lowest BCUT2D eigenvalue weighted by atomic mass is 9.99. The number of benzene rings is 1. The fourth-order valence-electron chi connectivity index (χ4n) is 4.21. The van der Waals surface area contributed by atoms with Gasteiger partial charge in [-0.25, -0.2) is 9.59 Å². The van der Waals surface area contributed by atoms with Gasteiger partial charge >= 0.3 is 17.9 Å². The van der Waals surface area contributed by atoms with Crippen LogP contribution >= 0.6 is 0 Å². The maximum atomic E-state index is 13.2. The van der Waals surface area contributed by atoms with Crippen molar-refractivity contribution in [2.45, 2.75) is 81.4 Å². The van der Waals surface area contributed by atoms with Crippen LogP contribution in [0.1, 0.15) is 38.6 Å². The second-order valence-electron chi connectivity index (χ2n) is 8.78. The molecule has 0 bridgehead atoms. The fourth-order valence-corrected chi connectivity index (χ4v) is 4.21. The zero-order valence-corrected chi connectivity index (χ0v) is 19.8. The summed E-state index contributed by atoms with van der Waals surface area (Å²) in [5.74, 6) is -4.81. The minimum atomic E-state index is -2.00. The molecule has 2 heterocycles. The molecule has 13 heteroatoms. The summed E-state index contributed by atoms with van der Waals surface area (Å²) in [7, 11) is 0. The molecule has 13 nitrogen and oxygen atoms in total. The van der Waals surface area contributed by atoms with E-state index in [1.54, 1.807) is 0 Å². The second kappa shape index (κ2) is 12.4. The highest BCUT2D eigenvalue weighted by atomic mass is 16.7. The monoisotopic (exact) mass is 529 g/mol. The lowest BCUT2D eigenvalue weighted by Gasteiger charge is -2.38. The fraction of sp³-hybridized carbons (Fsp3) is 0.583. The Labute approximate surface area is 219 Å². The third kappa shape index (κ3) is 6.81. The number of aliphatic hydroxyl groups is 3. The van der Waals surface area contributed by atoms with Gasteiger partial charge in [0.15, 0.2) is 6.10 Å². The van der Waals surface area contributed by atoms with Crippen molar-refractivity contribution in [2.75, 3.05) is 6.54 Å². The lowest BCUT2D eigenvalue weighted by molar-refractivity contribution is -0.287. The Kier molecular flexibility index (Phi) is 7.37. The maximum Gasteiger partial charge on any atom is 0.335 e. The molecule has 204 valence electrons. The zero-order chi connectivity index (χ0) is 31.6. The topological polar surface area (TPSA) is 203 Å². The standard InChI is InChI=1S/C24H32N2O11/c1-12(25-14(21(31)32)10-9-13-6-3-2-4-7-13)20(30)26-11-5-8-15(26)23(35)37-24-18(29)16(27)17(28)19(36-24)22(33)34/h2-4,6-7,12,14-19,24-25,27-29H,5,8-11H2,1H3,(H,31,32)(H,33,34)/t12-,14+,15+,16-,17-,18+,19-,24-/m1/s1/i2D,3D,4D,6D,7D. The highest BCUT2D eigenvalue weighted by Gasteiger charge is 2.49. The van der Waals surface area contributed by atoms with Crippen molar-refractivity contribution in [3.8, 4) is 0 Å². The van der Waals surface area contributed by atoms with Crippen LogP contribution in [0.3, 0.4) is 0 Å². The smallest absolute Gasteiger partial charge is 0.335 e.